The number of hydrogen-bond donors (Lipinski definition) is 1. The van der Waals surface area contributed by atoms with Crippen LogP contribution in [0.3, 0.4) is 0 Å². The first kappa shape index (κ1) is 13.1. The number of benzene rings is 1. The molecule has 1 aromatic carbocycles. The molecule has 6 heteroatoms. The highest BCUT2D eigenvalue weighted by atomic mass is 19.1. The Morgan fingerprint density at radius 1 is 1.26 bits per heavy atom. The second-order valence-electron chi connectivity index (χ2n) is 3.85. The van der Waals surface area contributed by atoms with Crippen molar-refractivity contribution in [1.82, 2.24) is 9.97 Å². The molecule has 0 bridgehead atoms. The number of ether oxygens (including phenoxy) is 2. The number of rotatable bonds is 4. The van der Waals surface area contributed by atoms with Gasteiger partial charge in [-0.05, 0) is 24.6 Å². The molecule has 0 aliphatic carbocycles. The van der Waals surface area contributed by atoms with Crippen molar-refractivity contribution in [3.8, 4) is 17.4 Å². The zero-order valence-corrected chi connectivity index (χ0v) is 10.9. The van der Waals surface area contributed by atoms with Gasteiger partial charge in [-0.25, -0.2) is 4.98 Å². The van der Waals surface area contributed by atoms with Gasteiger partial charge in [0.2, 0.25) is 11.8 Å². The predicted molar refractivity (Wildman–Crippen MR) is 69.3 cm³/mol. The van der Waals surface area contributed by atoms with Crippen LogP contribution in [0.2, 0.25) is 0 Å². The molecule has 2 aromatic rings. The minimum absolute atomic E-state index is 0.151. The molecule has 0 saturated heterocycles. The second kappa shape index (κ2) is 5.51. The van der Waals surface area contributed by atoms with E-state index in [9.17, 15) is 4.39 Å². The van der Waals surface area contributed by atoms with E-state index >= 15 is 0 Å². The van der Waals surface area contributed by atoms with Crippen molar-refractivity contribution in [2.75, 3.05) is 19.5 Å². The third-order valence-electron chi connectivity index (χ3n) is 2.46. The molecule has 1 heterocycles. The van der Waals surface area contributed by atoms with Crippen molar-refractivity contribution in [2.45, 2.75) is 6.92 Å². The van der Waals surface area contributed by atoms with Crippen molar-refractivity contribution in [3.05, 3.63) is 35.8 Å². The van der Waals surface area contributed by atoms with Crippen LogP contribution in [-0.4, -0.2) is 24.1 Å². The number of halogens is 1. The molecule has 100 valence electrons. The van der Waals surface area contributed by atoms with Crippen LogP contribution < -0.4 is 14.8 Å². The Kier molecular flexibility index (Phi) is 3.79. The van der Waals surface area contributed by atoms with Gasteiger partial charge in [-0.3, -0.25) is 0 Å². The molecule has 1 aromatic heterocycles. The standard InChI is InChI=1S/C13H14FN3O2/c1-8-4-5-10(11(6-8)18-3)19-12-9(14)7-16-13(15-2)17-12/h4-7H,1-3H3,(H,15,16,17). The van der Waals surface area contributed by atoms with Gasteiger partial charge in [-0.2, -0.15) is 9.37 Å². The van der Waals surface area contributed by atoms with Crippen LogP contribution in [0.5, 0.6) is 17.4 Å². The van der Waals surface area contributed by atoms with Crippen LogP contribution in [-0.2, 0) is 0 Å². The average molecular weight is 263 g/mol. The molecular weight excluding hydrogens is 249 g/mol. The van der Waals surface area contributed by atoms with E-state index in [4.69, 9.17) is 9.47 Å². The quantitative estimate of drug-likeness (QED) is 0.919. The number of methoxy groups -OCH3 is 1. The van der Waals surface area contributed by atoms with E-state index in [0.717, 1.165) is 11.8 Å². The van der Waals surface area contributed by atoms with E-state index in [1.54, 1.807) is 19.2 Å². The van der Waals surface area contributed by atoms with Crippen LogP contribution in [0, 0.1) is 12.7 Å². The molecule has 5 nitrogen and oxygen atoms in total. The summed E-state index contributed by atoms with van der Waals surface area (Å²) in [6, 6.07) is 5.35. The first-order chi connectivity index (χ1) is 9.13. The molecule has 0 aliphatic heterocycles. The number of nitrogens with zero attached hydrogens (tertiary/aromatic N) is 2. The molecule has 0 saturated carbocycles. The van der Waals surface area contributed by atoms with Gasteiger partial charge in [0, 0.05) is 7.05 Å². The molecule has 2 rings (SSSR count). The van der Waals surface area contributed by atoms with E-state index in [1.165, 1.54) is 7.11 Å². The molecule has 0 fully saturated rings. The van der Waals surface area contributed by atoms with Crippen molar-refractivity contribution in [3.63, 3.8) is 0 Å². The van der Waals surface area contributed by atoms with Gasteiger partial charge in [-0.15, -0.1) is 0 Å². The van der Waals surface area contributed by atoms with Gasteiger partial charge in [0.1, 0.15) is 0 Å². The Bertz CT molecular complexity index is 590. The fourth-order valence-corrected chi connectivity index (χ4v) is 1.51. The Morgan fingerprint density at radius 2 is 2.05 bits per heavy atom. The highest BCUT2D eigenvalue weighted by molar-refractivity contribution is 5.44. The molecule has 0 radical (unpaired) electrons. The van der Waals surface area contributed by atoms with Gasteiger partial charge >= 0.3 is 0 Å². The summed E-state index contributed by atoms with van der Waals surface area (Å²) >= 11 is 0. The highest BCUT2D eigenvalue weighted by Gasteiger charge is 2.12. The molecule has 0 atom stereocenters. The number of aromatic nitrogens is 2. The summed E-state index contributed by atoms with van der Waals surface area (Å²) in [6.07, 6.45) is 1.05. The SMILES string of the molecule is CNc1ncc(F)c(Oc2ccc(C)cc2OC)n1. The Labute approximate surface area is 110 Å². The van der Waals surface area contributed by atoms with E-state index < -0.39 is 5.82 Å². The largest absolute Gasteiger partial charge is 0.493 e. The lowest BCUT2D eigenvalue weighted by Crippen LogP contribution is -2.01. The second-order valence-corrected chi connectivity index (χ2v) is 3.85. The van der Waals surface area contributed by atoms with E-state index in [-0.39, 0.29) is 11.8 Å². The maximum atomic E-state index is 13.6. The van der Waals surface area contributed by atoms with Crippen molar-refractivity contribution < 1.29 is 13.9 Å². The van der Waals surface area contributed by atoms with Crippen LogP contribution in [0.25, 0.3) is 0 Å². The highest BCUT2D eigenvalue weighted by Crippen LogP contribution is 2.32. The predicted octanol–water partition coefficient (Wildman–Crippen LogP) is 2.77. The molecule has 0 spiro atoms. The van der Waals surface area contributed by atoms with Crippen LogP contribution in [0.15, 0.2) is 24.4 Å². The number of hydrogen-bond acceptors (Lipinski definition) is 5. The van der Waals surface area contributed by atoms with Crippen molar-refractivity contribution in [1.29, 1.82) is 0 Å². The zero-order chi connectivity index (χ0) is 13.8. The summed E-state index contributed by atoms with van der Waals surface area (Å²) in [5, 5.41) is 2.72. The van der Waals surface area contributed by atoms with Crippen LogP contribution in [0.4, 0.5) is 10.3 Å². The van der Waals surface area contributed by atoms with E-state index in [0.29, 0.717) is 11.5 Å². The number of nitrogens with one attached hydrogen (secondary N) is 1. The molecule has 19 heavy (non-hydrogen) atoms. The third-order valence-corrected chi connectivity index (χ3v) is 2.46. The van der Waals surface area contributed by atoms with Gasteiger partial charge < -0.3 is 14.8 Å². The Balaban J connectivity index is 2.35. The molecule has 1 N–H and O–H groups in total. The topological polar surface area (TPSA) is 56.3 Å². The number of anilines is 1. The normalized spacial score (nSPS) is 10.1. The smallest absolute Gasteiger partial charge is 0.261 e. The minimum atomic E-state index is -0.637. The Morgan fingerprint density at radius 3 is 2.74 bits per heavy atom. The lowest BCUT2D eigenvalue weighted by molar-refractivity contribution is 0.363. The minimum Gasteiger partial charge on any atom is -0.493 e. The summed E-state index contributed by atoms with van der Waals surface area (Å²) in [6.45, 7) is 1.93. The first-order valence-corrected chi connectivity index (χ1v) is 5.67. The average Bonchev–Trinajstić information content (AvgIpc) is 2.43. The molecule has 0 aliphatic rings. The van der Waals surface area contributed by atoms with Gasteiger partial charge in [-0.1, -0.05) is 6.07 Å². The van der Waals surface area contributed by atoms with Crippen LogP contribution >= 0.6 is 0 Å². The monoisotopic (exact) mass is 263 g/mol. The lowest BCUT2D eigenvalue weighted by atomic mass is 10.2. The maximum absolute atomic E-state index is 13.6. The van der Waals surface area contributed by atoms with Crippen molar-refractivity contribution in [2.24, 2.45) is 0 Å². The van der Waals surface area contributed by atoms with Gasteiger partial charge in [0.05, 0.1) is 13.3 Å². The lowest BCUT2D eigenvalue weighted by Gasteiger charge is -2.11. The summed E-state index contributed by atoms with van der Waals surface area (Å²) in [5.74, 6) is 0.405. The summed E-state index contributed by atoms with van der Waals surface area (Å²) in [5.41, 5.74) is 1.02. The summed E-state index contributed by atoms with van der Waals surface area (Å²) in [4.78, 5) is 7.66. The first-order valence-electron chi connectivity index (χ1n) is 5.67. The number of aryl methyl sites for hydroxylation is 1. The summed E-state index contributed by atoms with van der Waals surface area (Å²) in [7, 11) is 3.17. The van der Waals surface area contributed by atoms with Gasteiger partial charge in [0.25, 0.3) is 5.88 Å². The van der Waals surface area contributed by atoms with E-state index in [2.05, 4.69) is 15.3 Å². The molecular formula is C13H14FN3O2. The van der Waals surface area contributed by atoms with E-state index in [1.807, 2.05) is 13.0 Å². The Hall–Kier alpha value is -2.37. The zero-order valence-electron chi connectivity index (χ0n) is 10.9. The third kappa shape index (κ3) is 2.90. The fraction of sp³-hybridized carbons (Fsp3) is 0.231. The molecule has 0 unspecified atom stereocenters. The van der Waals surface area contributed by atoms with Gasteiger partial charge in [0.15, 0.2) is 11.5 Å². The van der Waals surface area contributed by atoms with Crippen LogP contribution in [0.1, 0.15) is 5.56 Å². The fourth-order valence-electron chi connectivity index (χ4n) is 1.51. The molecule has 0 amide bonds. The van der Waals surface area contributed by atoms with Crippen molar-refractivity contribution >= 4 is 5.95 Å². The maximum Gasteiger partial charge on any atom is 0.261 e. The summed E-state index contributed by atoms with van der Waals surface area (Å²) < 4.78 is 24.2.